The second kappa shape index (κ2) is 6.21. The first kappa shape index (κ1) is 16.5. The summed E-state index contributed by atoms with van der Waals surface area (Å²) in [7, 11) is -3.59. The summed E-state index contributed by atoms with van der Waals surface area (Å²) in [5.74, 6) is 0. The number of aryl methyl sites for hydroxylation is 2. The number of sulfonamides is 1. The number of anilines is 1. The lowest BCUT2D eigenvalue weighted by atomic mass is 10.1. The second-order valence-corrected chi connectivity index (χ2v) is 9.24. The average molecular weight is 396 g/mol. The Kier molecular flexibility index (Phi) is 3.80. The molecule has 0 spiro atoms. The molecule has 0 saturated heterocycles. The molecule has 1 aliphatic carbocycles. The van der Waals surface area contributed by atoms with E-state index in [2.05, 4.69) is 9.71 Å². The van der Waals surface area contributed by atoms with Crippen molar-refractivity contribution in [2.45, 2.75) is 24.2 Å². The predicted molar refractivity (Wildman–Crippen MR) is 108 cm³/mol. The molecule has 0 unspecified atom stereocenters. The summed E-state index contributed by atoms with van der Waals surface area (Å²) in [5, 5.41) is 1.99. The van der Waals surface area contributed by atoms with Gasteiger partial charge in [0.05, 0.1) is 10.6 Å². The van der Waals surface area contributed by atoms with Crippen molar-refractivity contribution in [1.29, 1.82) is 0 Å². The first-order valence-electron chi connectivity index (χ1n) is 8.76. The van der Waals surface area contributed by atoms with E-state index in [0.29, 0.717) is 10.6 Å². The van der Waals surface area contributed by atoms with Gasteiger partial charge in [0, 0.05) is 29.0 Å². The predicted octanol–water partition coefficient (Wildman–Crippen LogP) is 4.35. The van der Waals surface area contributed by atoms with Gasteiger partial charge in [0.15, 0.2) is 4.96 Å². The fourth-order valence-corrected chi connectivity index (χ4v) is 5.31. The van der Waals surface area contributed by atoms with Gasteiger partial charge in [-0.3, -0.25) is 9.12 Å². The molecule has 4 aromatic rings. The minimum absolute atomic E-state index is 0.321. The molecule has 5 rings (SSSR count). The molecule has 136 valence electrons. The molecule has 0 radical (unpaired) electrons. The maximum Gasteiger partial charge on any atom is 0.261 e. The zero-order chi connectivity index (χ0) is 18.4. The first-order chi connectivity index (χ1) is 13.1. The summed E-state index contributed by atoms with van der Waals surface area (Å²) in [5.41, 5.74) is 4.77. The van der Waals surface area contributed by atoms with Gasteiger partial charge in [-0.2, -0.15) is 0 Å². The number of hydrogen-bond acceptors (Lipinski definition) is 4. The van der Waals surface area contributed by atoms with Crippen LogP contribution in [0.4, 0.5) is 5.69 Å². The molecule has 2 heterocycles. The van der Waals surface area contributed by atoms with Gasteiger partial charge in [0.1, 0.15) is 0 Å². The summed E-state index contributed by atoms with van der Waals surface area (Å²) < 4.78 is 30.1. The number of nitrogens with one attached hydrogen (secondary N) is 1. The van der Waals surface area contributed by atoms with E-state index in [0.717, 1.165) is 41.0 Å². The van der Waals surface area contributed by atoms with Crippen LogP contribution >= 0.6 is 11.3 Å². The highest BCUT2D eigenvalue weighted by Gasteiger charge is 2.18. The number of nitrogens with zero attached hydrogens (tertiary/aromatic N) is 2. The molecule has 2 aromatic heterocycles. The number of imidazole rings is 1. The summed E-state index contributed by atoms with van der Waals surface area (Å²) in [6, 6.07) is 12.7. The lowest BCUT2D eigenvalue weighted by Crippen LogP contribution is -2.13. The third kappa shape index (κ3) is 3.02. The molecular weight excluding hydrogens is 378 g/mol. The Bertz CT molecular complexity index is 1210. The Morgan fingerprint density at radius 3 is 2.67 bits per heavy atom. The minimum atomic E-state index is -3.59. The highest BCUT2D eigenvalue weighted by Crippen LogP contribution is 2.27. The Hall–Kier alpha value is -2.64. The van der Waals surface area contributed by atoms with Crippen LogP contribution in [0.25, 0.3) is 16.2 Å². The van der Waals surface area contributed by atoms with E-state index >= 15 is 0 Å². The van der Waals surface area contributed by atoms with Crippen LogP contribution in [0, 0.1) is 0 Å². The van der Waals surface area contributed by atoms with Crippen molar-refractivity contribution < 1.29 is 8.42 Å². The molecular formula is C20H17N3O2S2. The molecule has 7 heteroatoms. The van der Waals surface area contributed by atoms with Crippen LogP contribution in [-0.2, 0) is 22.9 Å². The fourth-order valence-electron chi connectivity index (χ4n) is 3.51. The first-order valence-corrected chi connectivity index (χ1v) is 11.1. The van der Waals surface area contributed by atoms with Crippen LogP contribution in [0.2, 0.25) is 0 Å². The van der Waals surface area contributed by atoms with E-state index in [9.17, 15) is 8.42 Å². The Morgan fingerprint density at radius 1 is 1.04 bits per heavy atom. The van der Waals surface area contributed by atoms with Gasteiger partial charge in [-0.15, -0.1) is 11.3 Å². The Morgan fingerprint density at radius 2 is 1.85 bits per heavy atom. The Labute approximate surface area is 161 Å². The topological polar surface area (TPSA) is 63.5 Å². The third-order valence-electron chi connectivity index (χ3n) is 4.91. The van der Waals surface area contributed by atoms with E-state index in [-0.39, 0.29) is 0 Å². The maximum absolute atomic E-state index is 12.7. The SMILES string of the molecule is O=S(=O)(Nc1ccc(-c2cn3ccsc3n2)cc1)c1ccc2c(c1)CCC2. The van der Waals surface area contributed by atoms with Crippen LogP contribution in [0.3, 0.4) is 0 Å². The number of aromatic nitrogens is 2. The molecule has 0 aliphatic heterocycles. The normalized spacial score (nSPS) is 13.8. The third-order valence-corrected chi connectivity index (χ3v) is 7.06. The molecule has 5 nitrogen and oxygen atoms in total. The fraction of sp³-hybridized carbons (Fsp3) is 0.150. The molecule has 0 amide bonds. The van der Waals surface area contributed by atoms with Crippen molar-refractivity contribution in [3.05, 3.63) is 71.4 Å². The van der Waals surface area contributed by atoms with Crippen LogP contribution in [0.5, 0.6) is 0 Å². The van der Waals surface area contributed by atoms with E-state index < -0.39 is 10.0 Å². The summed E-state index contributed by atoms with van der Waals surface area (Å²) >= 11 is 1.58. The van der Waals surface area contributed by atoms with E-state index in [1.807, 2.05) is 40.4 Å². The highest BCUT2D eigenvalue weighted by atomic mass is 32.2. The van der Waals surface area contributed by atoms with Gasteiger partial charge in [0.25, 0.3) is 10.0 Å². The molecule has 0 fully saturated rings. The van der Waals surface area contributed by atoms with Gasteiger partial charge in [-0.25, -0.2) is 13.4 Å². The zero-order valence-electron chi connectivity index (χ0n) is 14.4. The standard InChI is InChI=1S/C20H17N3O2S2/c24-27(25,18-9-6-14-2-1-3-16(14)12-18)22-17-7-4-15(5-8-17)19-13-23-10-11-26-20(23)21-19/h4-13,22H,1-3H2. The molecule has 1 N–H and O–H groups in total. The second-order valence-electron chi connectivity index (χ2n) is 6.69. The van der Waals surface area contributed by atoms with Crippen molar-refractivity contribution in [2.75, 3.05) is 4.72 Å². The lowest BCUT2D eigenvalue weighted by Gasteiger charge is -2.10. The number of thiazole rings is 1. The van der Waals surface area contributed by atoms with Gasteiger partial charge in [-0.1, -0.05) is 18.2 Å². The van der Waals surface area contributed by atoms with Crippen LogP contribution < -0.4 is 4.72 Å². The van der Waals surface area contributed by atoms with Crippen molar-refractivity contribution >= 4 is 32.0 Å². The van der Waals surface area contributed by atoms with Crippen molar-refractivity contribution in [3.8, 4) is 11.3 Å². The molecule has 2 aromatic carbocycles. The van der Waals surface area contributed by atoms with Gasteiger partial charge >= 0.3 is 0 Å². The number of hydrogen-bond donors (Lipinski definition) is 1. The largest absolute Gasteiger partial charge is 0.297 e. The monoisotopic (exact) mass is 395 g/mol. The van der Waals surface area contributed by atoms with Crippen LogP contribution in [0.1, 0.15) is 17.5 Å². The minimum Gasteiger partial charge on any atom is -0.297 e. The van der Waals surface area contributed by atoms with Gasteiger partial charge in [-0.05, 0) is 54.7 Å². The molecule has 0 saturated carbocycles. The summed E-state index contributed by atoms with van der Waals surface area (Å²) in [6.45, 7) is 0. The molecule has 1 aliphatic rings. The maximum atomic E-state index is 12.7. The smallest absolute Gasteiger partial charge is 0.261 e. The highest BCUT2D eigenvalue weighted by molar-refractivity contribution is 7.92. The zero-order valence-corrected chi connectivity index (χ0v) is 16.1. The van der Waals surface area contributed by atoms with Crippen LogP contribution in [-0.4, -0.2) is 17.8 Å². The van der Waals surface area contributed by atoms with E-state index in [4.69, 9.17) is 0 Å². The van der Waals surface area contributed by atoms with Crippen molar-refractivity contribution in [1.82, 2.24) is 9.38 Å². The molecule has 0 bridgehead atoms. The van der Waals surface area contributed by atoms with E-state index in [1.54, 1.807) is 35.6 Å². The lowest BCUT2D eigenvalue weighted by molar-refractivity contribution is 0.601. The van der Waals surface area contributed by atoms with Crippen molar-refractivity contribution in [3.63, 3.8) is 0 Å². The van der Waals surface area contributed by atoms with Gasteiger partial charge < -0.3 is 0 Å². The summed E-state index contributed by atoms with van der Waals surface area (Å²) in [6.07, 6.45) is 7.02. The number of benzene rings is 2. The van der Waals surface area contributed by atoms with Crippen LogP contribution in [0.15, 0.2) is 65.1 Å². The Balaban J connectivity index is 1.39. The number of fused-ring (bicyclic) bond motifs is 2. The quantitative estimate of drug-likeness (QED) is 0.559. The molecule has 0 atom stereocenters. The van der Waals surface area contributed by atoms with E-state index in [1.165, 1.54) is 5.56 Å². The number of rotatable bonds is 4. The molecule has 27 heavy (non-hydrogen) atoms. The summed E-state index contributed by atoms with van der Waals surface area (Å²) in [4.78, 5) is 5.83. The van der Waals surface area contributed by atoms with Crippen molar-refractivity contribution in [2.24, 2.45) is 0 Å². The average Bonchev–Trinajstić information content (AvgIpc) is 3.37. The van der Waals surface area contributed by atoms with Gasteiger partial charge in [0.2, 0.25) is 0 Å².